The molecule has 1 aromatic rings. The first kappa shape index (κ1) is 13.3. The number of amides is 1. The minimum atomic E-state index is -0.0691. The number of hydrogen-bond donors (Lipinski definition) is 2. The van der Waals surface area contributed by atoms with Crippen molar-refractivity contribution in [1.29, 1.82) is 0 Å². The second kappa shape index (κ2) is 6.13. The molecule has 1 amide bonds. The number of nitrogens with zero attached hydrogens (tertiary/aromatic N) is 2. The standard InChI is InChI=1S/C12H17ClN4O/c13-12-10(2-1-5-15-12)16-11(18)8-17-6-3-9(14)4-7-17/h1-2,5,9H,3-4,6-8,14H2,(H,16,18). The van der Waals surface area contributed by atoms with Gasteiger partial charge in [-0.05, 0) is 25.0 Å². The summed E-state index contributed by atoms with van der Waals surface area (Å²) in [4.78, 5) is 17.9. The molecule has 0 spiro atoms. The van der Waals surface area contributed by atoms with Crippen LogP contribution in [0.5, 0.6) is 0 Å². The van der Waals surface area contributed by atoms with E-state index in [0.717, 1.165) is 25.9 Å². The van der Waals surface area contributed by atoms with Crippen molar-refractivity contribution < 1.29 is 4.79 Å². The zero-order valence-corrected chi connectivity index (χ0v) is 10.9. The fraction of sp³-hybridized carbons (Fsp3) is 0.500. The fourth-order valence-electron chi connectivity index (χ4n) is 1.98. The number of aromatic nitrogens is 1. The largest absolute Gasteiger partial charge is 0.328 e. The van der Waals surface area contributed by atoms with Gasteiger partial charge in [-0.15, -0.1) is 0 Å². The maximum Gasteiger partial charge on any atom is 0.238 e. The average molecular weight is 269 g/mol. The van der Waals surface area contributed by atoms with Crippen LogP contribution in [-0.4, -0.2) is 41.5 Å². The van der Waals surface area contributed by atoms with Crippen LogP contribution in [0.25, 0.3) is 0 Å². The van der Waals surface area contributed by atoms with E-state index in [4.69, 9.17) is 17.3 Å². The Balaban J connectivity index is 1.84. The van der Waals surface area contributed by atoms with E-state index in [0.29, 0.717) is 17.4 Å². The van der Waals surface area contributed by atoms with Crippen molar-refractivity contribution in [3.05, 3.63) is 23.5 Å². The highest BCUT2D eigenvalue weighted by Crippen LogP contribution is 2.17. The SMILES string of the molecule is NC1CCN(CC(=O)Nc2cccnc2Cl)CC1. The molecule has 18 heavy (non-hydrogen) atoms. The second-order valence-corrected chi connectivity index (χ2v) is 4.86. The van der Waals surface area contributed by atoms with Crippen molar-refractivity contribution in [2.24, 2.45) is 5.73 Å². The van der Waals surface area contributed by atoms with Gasteiger partial charge in [0.1, 0.15) is 0 Å². The lowest BCUT2D eigenvalue weighted by molar-refractivity contribution is -0.117. The number of pyridine rings is 1. The topological polar surface area (TPSA) is 71.2 Å². The van der Waals surface area contributed by atoms with Crippen LogP contribution in [0.15, 0.2) is 18.3 Å². The lowest BCUT2D eigenvalue weighted by Crippen LogP contribution is -2.43. The van der Waals surface area contributed by atoms with E-state index in [1.54, 1.807) is 18.3 Å². The third kappa shape index (κ3) is 3.66. The van der Waals surface area contributed by atoms with E-state index in [-0.39, 0.29) is 11.9 Å². The first-order chi connectivity index (χ1) is 8.65. The molecule has 0 unspecified atom stereocenters. The quantitative estimate of drug-likeness (QED) is 0.806. The normalized spacial score (nSPS) is 17.7. The molecule has 0 atom stereocenters. The van der Waals surface area contributed by atoms with E-state index in [1.807, 2.05) is 0 Å². The van der Waals surface area contributed by atoms with E-state index in [9.17, 15) is 4.79 Å². The van der Waals surface area contributed by atoms with E-state index < -0.39 is 0 Å². The molecule has 98 valence electrons. The second-order valence-electron chi connectivity index (χ2n) is 4.50. The zero-order valence-electron chi connectivity index (χ0n) is 10.1. The molecule has 2 heterocycles. The number of likely N-dealkylation sites (tertiary alicyclic amines) is 1. The number of anilines is 1. The highest BCUT2D eigenvalue weighted by molar-refractivity contribution is 6.32. The van der Waals surface area contributed by atoms with Gasteiger partial charge in [-0.1, -0.05) is 11.6 Å². The van der Waals surface area contributed by atoms with Gasteiger partial charge in [0.2, 0.25) is 5.91 Å². The third-order valence-electron chi connectivity index (χ3n) is 3.03. The molecule has 0 bridgehead atoms. The summed E-state index contributed by atoms with van der Waals surface area (Å²) in [7, 11) is 0. The Labute approximate surface area is 111 Å². The molecule has 2 rings (SSSR count). The molecule has 1 aliphatic heterocycles. The molecule has 3 N–H and O–H groups in total. The maximum absolute atomic E-state index is 11.8. The predicted octanol–water partition coefficient (Wildman–Crippen LogP) is 1.10. The van der Waals surface area contributed by atoms with Gasteiger partial charge in [-0.2, -0.15) is 0 Å². The Morgan fingerprint density at radius 1 is 1.56 bits per heavy atom. The van der Waals surface area contributed by atoms with Gasteiger partial charge in [0.25, 0.3) is 0 Å². The van der Waals surface area contributed by atoms with Crippen LogP contribution in [0.4, 0.5) is 5.69 Å². The first-order valence-corrected chi connectivity index (χ1v) is 6.41. The molecule has 0 saturated carbocycles. The summed E-state index contributed by atoms with van der Waals surface area (Å²) in [5.74, 6) is -0.0691. The average Bonchev–Trinajstić information content (AvgIpc) is 2.35. The number of halogens is 1. The molecule has 1 aromatic heterocycles. The minimum Gasteiger partial charge on any atom is -0.328 e. The third-order valence-corrected chi connectivity index (χ3v) is 3.33. The highest BCUT2D eigenvalue weighted by atomic mass is 35.5. The van der Waals surface area contributed by atoms with Crippen molar-refractivity contribution in [1.82, 2.24) is 9.88 Å². The summed E-state index contributed by atoms with van der Waals surface area (Å²) in [6.07, 6.45) is 3.48. The molecule has 6 heteroatoms. The molecule has 0 radical (unpaired) electrons. The van der Waals surface area contributed by atoms with Gasteiger partial charge in [0.05, 0.1) is 12.2 Å². The maximum atomic E-state index is 11.8. The smallest absolute Gasteiger partial charge is 0.238 e. The Morgan fingerprint density at radius 2 is 2.28 bits per heavy atom. The van der Waals surface area contributed by atoms with Crippen molar-refractivity contribution >= 4 is 23.2 Å². The summed E-state index contributed by atoms with van der Waals surface area (Å²) in [6.45, 7) is 2.11. The molecule has 0 aliphatic carbocycles. The van der Waals surface area contributed by atoms with Crippen molar-refractivity contribution in [3.63, 3.8) is 0 Å². The molecule has 0 aromatic carbocycles. The van der Waals surface area contributed by atoms with Gasteiger partial charge in [0.15, 0.2) is 5.15 Å². The van der Waals surface area contributed by atoms with Gasteiger partial charge in [0, 0.05) is 25.3 Å². The highest BCUT2D eigenvalue weighted by Gasteiger charge is 2.18. The lowest BCUT2D eigenvalue weighted by atomic mass is 10.1. The molecule has 1 saturated heterocycles. The Kier molecular flexibility index (Phi) is 4.52. The number of piperidine rings is 1. The van der Waals surface area contributed by atoms with E-state index >= 15 is 0 Å². The number of nitrogens with one attached hydrogen (secondary N) is 1. The molecule has 5 nitrogen and oxygen atoms in total. The number of carbonyl (C=O) groups is 1. The summed E-state index contributed by atoms with van der Waals surface area (Å²) >= 11 is 5.87. The number of nitrogens with two attached hydrogens (primary N) is 1. The van der Waals surface area contributed by atoms with Crippen molar-refractivity contribution in [2.75, 3.05) is 25.0 Å². The molecular weight excluding hydrogens is 252 g/mol. The van der Waals surface area contributed by atoms with Crippen LogP contribution in [0.1, 0.15) is 12.8 Å². The number of hydrogen-bond acceptors (Lipinski definition) is 4. The summed E-state index contributed by atoms with van der Waals surface area (Å²) in [5.41, 5.74) is 6.37. The van der Waals surface area contributed by atoms with Gasteiger partial charge >= 0.3 is 0 Å². The Bertz CT molecular complexity index is 418. The van der Waals surface area contributed by atoms with Gasteiger partial charge in [-0.3, -0.25) is 9.69 Å². The Hall–Kier alpha value is -1.17. The van der Waals surface area contributed by atoms with Crippen LogP contribution >= 0.6 is 11.6 Å². The Morgan fingerprint density at radius 3 is 2.94 bits per heavy atom. The van der Waals surface area contributed by atoms with Gasteiger partial charge in [-0.25, -0.2) is 4.98 Å². The van der Waals surface area contributed by atoms with Crippen molar-refractivity contribution in [3.8, 4) is 0 Å². The lowest BCUT2D eigenvalue weighted by Gasteiger charge is -2.29. The monoisotopic (exact) mass is 268 g/mol. The summed E-state index contributed by atoms with van der Waals surface area (Å²) in [5, 5.41) is 3.07. The van der Waals surface area contributed by atoms with Gasteiger partial charge < -0.3 is 11.1 Å². The van der Waals surface area contributed by atoms with Crippen LogP contribution in [-0.2, 0) is 4.79 Å². The van der Waals surface area contributed by atoms with Crippen LogP contribution in [0, 0.1) is 0 Å². The van der Waals surface area contributed by atoms with Crippen LogP contribution < -0.4 is 11.1 Å². The number of rotatable bonds is 3. The first-order valence-electron chi connectivity index (χ1n) is 6.03. The van der Waals surface area contributed by atoms with Crippen molar-refractivity contribution in [2.45, 2.75) is 18.9 Å². The fourth-order valence-corrected chi connectivity index (χ4v) is 2.15. The van der Waals surface area contributed by atoms with E-state index in [1.165, 1.54) is 0 Å². The number of carbonyl (C=O) groups excluding carboxylic acids is 1. The molecular formula is C12H17ClN4O. The summed E-state index contributed by atoms with van der Waals surface area (Å²) in [6, 6.07) is 3.75. The van der Waals surface area contributed by atoms with Crippen LogP contribution in [0.3, 0.4) is 0 Å². The summed E-state index contributed by atoms with van der Waals surface area (Å²) < 4.78 is 0. The predicted molar refractivity (Wildman–Crippen MR) is 71.5 cm³/mol. The van der Waals surface area contributed by atoms with Crippen LogP contribution in [0.2, 0.25) is 5.15 Å². The molecule has 1 fully saturated rings. The van der Waals surface area contributed by atoms with E-state index in [2.05, 4.69) is 15.2 Å². The molecule has 1 aliphatic rings. The minimum absolute atomic E-state index is 0.0691. The zero-order chi connectivity index (χ0) is 13.0.